The minimum Gasteiger partial charge on any atom is -0.506 e. The van der Waals surface area contributed by atoms with Gasteiger partial charge in [-0.1, -0.05) is 6.92 Å². The number of halogens is 4. The minimum absolute atomic E-state index is 0.0266. The molecule has 2 rings (SSSR count). The Morgan fingerprint density at radius 3 is 2.48 bits per heavy atom. The van der Waals surface area contributed by atoms with Gasteiger partial charge in [0.05, 0.1) is 10.0 Å². The van der Waals surface area contributed by atoms with E-state index in [1.54, 1.807) is 0 Å². The first-order valence-corrected chi connectivity index (χ1v) is 7.69. The van der Waals surface area contributed by atoms with E-state index in [0.29, 0.717) is 24.0 Å². The van der Waals surface area contributed by atoms with Crippen molar-refractivity contribution in [1.82, 2.24) is 10.2 Å². The van der Waals surface area contributed by atoms with E-state index in [4.69, 9.17) is 0 Å². The normalized spacial score (nSPS) is 18.7. The highest BCUT2D eigenvalue weighted by molar-refractivity contribution is 9.10. The van der Waals surface area contributed by atoms with E-state index in [2.05, 4.69) is 21.2 Å². The van der Waals surface area contributed by atoms with Crippen molar-refractivity contribution in [2.45, 2.75) is 25.6 Å². The molecule has 1 aliphatic rings. The molecule has 1 aromatic carbocycles. The Balaban J connectivity index is 2.50. The molecule has 0 saturated carbocycles. The maximum absolute atomic E-state index is 13.3. The second-order valence-electron chi connectivity index (χ2n) is 5.07. The van der Waals surface area contributed by atoms with E-state index in [1.165, 1.54) is 6.07 Å². The fourth-order valence-corrected chi connectivity index (χ4v) is 3.15. The number of benzene rings is 1. The SMILES string of the molecule is CC[C@@H](c1c(C(F)(F)F)ccc(Br)c1O)N1CCNCC1. The van der Waals surface area contributed by atoms with Gasteiger partial charge in [-0.05, 0) is 34.5 Å². The van der Waals surface area contributed by atoms with Gasteiger partial charge in [0.25, 0.3) is 0 Å². The molecule has 0 amide bonds. The number of phenols is 1. The second kappa shape index (κ2) is 6.54. The largest absolute Gasteiger partial charge is 0.506 e. The number of hydrogen-bond acceptors (Lipinski definition) is 3. The number of nitrogens with one attached hydrogen (secondary N) is 1. The van der Waals surface area contributed by atoms with Crippen molar-refractivity contribution in [2.24, 2.45) is 0 Å². The van der Waals surface area contributed by atoms with Crippen LogP contribution >= 0.6 is 15.9 Å². The molecule has 0 radical (unpaired) electrons. The average molecular weight is 367 g/mol. The van der Waals surface area contributed by atoms with Crippen LogP contribution in [0.3, 0.4) is 0 Å². The van der Waals surface area contributed by atoms with Gasteiger partial charge in [-0.3, -0.25) is 4.90 Å². The summed E-state index contributed by atoms with van der Waals surface area (Å²) in [6.07, 6.45) is -3.97. The van der Waals surface area contributed by atoms with E-state index in [0.717, 1.165) is 19.2 Å². The molecule has 1 aliphatic heterocycles. The standard InChI is InChI=1S/C14H18BrF3N2O/c1-2-11(20-7-5-19-6-8-20)12-9(14(16,17)18)3-4-10(15)13(12)21/h3-4,11,19,21H,2,5-8H2,1H3/t11-/m0/s1. The van der Waals surface area contributed by atoms with Crippen LogP contribution in [0.1, 0.15) is 30.5 Å². The maximum Gasteiger partial charge on any atom is 0.416 e. The van der Waals surface area contributed by atoms with Crippen LogP contribution in [0.2, 0.25) is 0 Å². The number of phenolic OH excluding ortho intramolecular Hbond substituents is 1. The van der Waals surface area contributed by atoms with Crippen molar-refractivity contribution < 1.29 is 18.3 Å². The van der Waals surface area contributed by atoms with Crippen LogP contribution in [0.15, 0.2) is 16.6 Å². The third-order valence-electron chi connectivity index (χ3n) is 3.79. The Hall–Kier alpha value is -0.790. The van der Waals surface area contributed by atoms with E-state index in [9.17, 15) is 18.3 Å². The summed E-state index contributed by atoms with van der Waals surface area (Å²) in [6.45, 7) is 4.66. The molecule has 1 heterocycles. The van der Waals surface area contributed by atoms with Crippen LogP contribution in [0.25, 0.3) is 0 Å². The second-order valence-corrected chi connectivity index (χ2v) is 5.92. The van der Waals surface area contributed by atoms with Crippen LogP contribution in [-0.4, -0.2) is 36.2 Å². The third-order valence-corrected chi connectivity index (χ3v) is 4.43. The Bertz CT molecular complexity index is 502. The van der Waals surface area contributed by atoms with Crippen LogP contribution in [0, 0.1) is 0 Å². The Morgan fingerprint density at radius 2 is 1.95 bits per heavy atom. The molecule has 1 saturated heterocycles. The summed E-state index contributed by atoms with van der Waals surface area (Å²) in [4.78, 5) is 1.99. The van der Waals surface area contributed by atoms with Crippen molar-refractivity contribution in [3.8, 4) is 5.75 Å². The smallest absolute Gasteiger partial charge is 0.416 e. The van der Waals surface area contributed by atoms with Gasteiger partial charge in [0, 0.05) is 37.8 Å². The summed E-state index contributed by atoms with van der Waals surface area (Å²) in [5, 5.41) is 13.4. The summed E-state index contributed by atoms with van der Waals surface area (Å²) < 4.78 is 40.1. The summed E-state index contributed by atoms with van der Waals surface area (Å²) in [5.74, 6) is -0.310. The number of nitrogens with zero attached hydrogens (tertiary/aromatic N) is 1. The molecule has 1 fully saturated rings. The van der Waals surface area contributed by atoms with Gasteiger partial charge in [0.1, 0.15) is 5.75 Å². The van der Waals surface area contributed by atoms with Crippen LogP contribution in [0.4, 0.5) is 13.2 Å². The van der Waals surface area contributed by atoms with Gasteiger partial charge >= 0.3 is 6.18 Å². The lowest BCUT2D eigenvalue weighted by atomic mass is 9.95. The molecule has 7 heteroatoms. The predicted octanol–water partition coefficient (Wildman–Crippen LogP) is 3.53. The van der Waals surface area contributed by atoms with Gasteiger partial charge < -0.3 is 10.4 Å². The number of piperazine rings is 1. The fraction of sp³-hybridized carbons (Fsp3) is 0.571. The molecule has 3 nitrogen and oxygen atoms in total. The predicted molar refractivity (Wildman–Crippen MR) is 78.3 cm³/mol. The maximum atomic E-state index is 13.3. The van der Waals surface area contributed by atoms with Crippen molar-refractivity contribution in [1.29, 1.82) is 0 Å². The minimum atomic E-state index is -4.48. The molecule has 21 heavy (non-hydrogen) atoms. The number of alkyl halides is 3. The molecular formula is C14H18BrF3N2O. The molecule has 0 bridgehead atoms. The van der Waals surface area contributed by atoms with Crippen LogP contribution in [0.5, 0.6) is 5.75 Å². The van der Waals surface area contributed by atoms with Crippen molar-refractivity contribution >= 4 is 15.9 Å². The van der Waals surface area contributed by atoms with Crippen LogP contribution < -0.4 is 5.32 Å². The van der Waals surface area contributed by atoms with Gasteiger partial charge in [-0.15, -0.1) is 0 Å². The molecule has 0 aliphatic carbocycles. The van der Waals surface area contributed by atoms with E-state index in [-0.39, 0.29) is 11.3 Å². The van der Waals surface area contributed by atoms with Gasteiger partial charge in [0.15, 0.2) is 0 Å². The summed E-state index contributed by atoms with van der Waals surface area (Å²) in [5.41, 5.74) is -0.783. The third kappa shape index (κ3) is 3.52. The molecule has 118 valence electrons. The Kier molecular flexibility index (Phi) is 5.16. The molecule has 0 aromatic heterocycles. The summed E-state index contributed by atoms with van der Waals surface area (Å²) >= 11 is 3.12. The lowest BCUT2D eigenvalue weighted by Crippen LogP contribution is -2.45. The van der Waals surface area contributed by atoms with E-state index < -0.39 is 17.8 Å². The highest BCUT2D eigenvalue weighted by Crippen LogP contribution is 2.44. The zero-order chi connectivity index (χ0) is 15.6. The number of rotatable bonds is 3. The molecule has 0 spiro atoms. The van der Waals surface area contributed by atoms with Gasteiger partial charge in [0.2, 0.25) is 0 Å². The Morgan fingerprint density at radius 1 is 1.33 bits per heavy atom. The lowest BCUT2D eigenvalue weighted by Gasteiger charge is -2.36. The summed E-state index contributed by atoms with van der Waals surface area (Å²) in [7, 11) is 0. The fourth-order valence-electron chi connectivity index (χ4n) is 2.80. The molecule has 2 N–H and O–H groups in total. The lowest BCUT2D eigenvalue weighted by molar-refractivity contribution is -0.139. The number of hydrogen-bond donors (Lipinski definition) is 2. The highest BCUT2D eigenvalue weighted by Gasteiger charge is 2.38. The van der Waals surface area contributed by atoms with E-state index in [1.807, 2.05) is 11.8 Å². The number of aromatic hydroxyl groups is 1. The summed E-state index contributed by atoms with van der Waals surface area (Å²) in [6, 6.07) is 1.83. The first-order valence-electron chi connectivity index (χ1n) is 6.89. The highest BCUT2D eigenvalue weighted by atomic mass is 79.9. The topological polar surface area (TPSA) is 35.5 Å². The van der Waals surface area contributed by atoms with Crippen molar-refractivity contribution in [3.63, 3.8) is 0 Å². The van der Waals surface area contributed by atoms with E-state index >= 15 is 0 Å². The first kappa shape index (κ1) is 16.6. The van der Waals surface area contributed by atoms with Crippen molar-refractivity contribution in [3.05, 3.63) is 27.7 Å². The first-order chi connectivity index (χ1) is 9.86. The molecule has 1 atom stereocenters. The molecule has 0 unspecified atom stereocenters. The quantitative estimate of drug-likeness (QED) is 0.858. The van der Waals surface area contributed by atoms with Crippen LogP contribution in [-0.2, 0) is 6.18 Å². The monoisotopic (exact) mass is 366 g/mol. The van der Waals surface area contributed by atoms with Gasteiger partial charge in [-0.25, -0.2) is 0 Å². The zero-order valence-corrected chi connectivity index (χ0v) is 13.3. The molecular weight excluding hydrogens is 349 g/mol. The van der Waals surface area contributed by atoms with Crippen molar-refractivity contribution in [2.75, 3.05) is 26.2 Å². The Labute approximate surface area is 130 Å². The van der Waals surface area contributed by atoms with Gasteiger partial charge in [-0.2, -0.15) is 13.2 Å². The average Bonchev–Trinajstić information content (AvgIpc) is 2.44. The molecule has 1 aromatic rings. The zero-order valence-electron chi connectivity index (χ0n) is 11.7.